The molecule has 0 amide bonds. The van der Waals surface area contributed by atoms with Crippen molar-refractivity contribution in [1.82, 2.24) is 0 Å². The normalized spacial score (nSPS) is 17.1. The van der Waals surface area contributed by atoms with E-state index in [0.717, 1.165) is 11.1 Å². The van der Waals surface area contributed by atoms with Crippen molar-refractivity contribution in [3.8, 4) is 5.75 Å². The van der Waals surface area contributed by atoms with Crippen LogP contribution in [0.2, 0.25) is 10.0 Å². The van der Waals surface area contributed by atoms with Crippen molar-refractivity contribution < 1.29 is 9.53 Å². The number of methoxy groups -OCH3 is 1. The Balaban J connectivity index is 2.09. The Labute approximate surface area is 127 Å². The summed E-state index contributed by atoms with van der Waals surface area (Å²) in [6.07, 6.45) is 0.630. The molecule has 0 saturated heterocycles. The SMILES string of the molecule is COc1cc2c(c(Cl)c1Cl)C(=O)C(c1ccccc1)C2. The molecule has 20 heavy (non-hydrogen) atoms. The quantitative estimate of drug-likeness (QED) is 0.815. The van der Waals surface area contributed by atoms with E-state index in [4.69, 9.17) is 27.9 Å². The van der Waals surface area contributed by atoms with Crippen molar-refractivity contribution in [2.75, 3.05) is 7.11 Å². The lowest BCUT2D eigenvalue weighted by Gasteiger charge is -2.08. The lowest BCUT2D eigenvalue weighted by molar-refractivity contribution is 0.0973. The van der Waals surface area contributed by atoms with Crippen LogP contribution in [-0.2, 0) is 6.42 Å². The van der Waals surface area contributed by atoms with Gasteiger partial charge in [0.25, 0.3) is 0 Å². The van der Waals surface area contributed by atoms with Gasteiger partial charge in [-0.3, -0.25) is 4.79 Å². The molecule has 0 radical (unpaired) electrons. The van der Waals surface area contributed by atoms with Gasteiger partial charge in [-0.2, -0.15) is 0 Å². The molecule has 1 unspecified atom stereocenters. The molecule has 2 nitrogen and oxygen atoms in total. The molecule has 1 aliphatic carbocycles. The number of halogens is 2. The Morgan fingerprint density at radius 1 is 1.15 bits per heavy atom. The van der Waals surface area contributed by atoms with Crippen LogP contribution in [0.3, 0.4) is 0 Å². The van der Waals surface area contributed by atoms with E-state index >= 15 is 0 Å². The summed E-state index contributed by atoms with van der Waals surface area (Å²) in [4.78, 5) is 12.6. The van der Waals surface area contributed by atoms with Gasteiger partial charge in [-0.05, 0) is 23.6 Å². The van der Waals surface area contributed by atoms with Gasteiger partial charge in [0.2, 0.25) is 0 Å². The number of carbonyl (C=O) groups is 1. The first-order valence-electron chi connectivity index (χ1n) is 6.27. The Kier molecular flexibility index (Phi) is 3.45. The highest BCUT2D eigenvalue weighted by molar-refractivity contribution is 6.45. The smallest absolute Gasteiger partial charge is 0.172 e. The molecule has 1 aliphatic rings. The van der Waals surface area contributed by atoms with Crippen LogP contribution in [0.5, 0.6) is 5.75 Å². The highest BCUT2D eigenvalue weighted by atomic mass is 35.5. The van der Waals surface area contributed by atoms with Crippen molar-refractivity contribution in [3.63, 3.8) is 0 Å². The number of rotatable bonds is 2. The van der Waals surface area contributed by atoms with Crippen LogP contribution in [0, 0.1) is 0 Å². The summed E-state index contributed by atoms with van der Waals surface area (Å²) in [5.41, 5.74) is 2.43. The average Bonchev–Trinajstić information content (AvgIpc) is 2.81. The number of fused-ring (bicyclic) bond motifs is 1. The zero-order valence-corrected chi connectivity index (χ0v) is 12.3. The first kappa shape index (κ1) is 13.5. The fourth-order valence-electron chi connectivity index (χ4n) is 2.67. The van der Waals surface area contributed by atoms with Crippen LogP contribution >= 0.6 is 23.2 Å². The van der Waals surface area contributed by atoms with E-state index in [2.05, 4.69) is 0 Å². The standard InChI is InChI=1S/C16H12Cl2O2/c1-20-12-8-10-7-11(9-5-3-2-4-6-9)16(19)13(10)15(18)14(12)17/h2-6,8,11H,7H2,1H3. The second-order valence-electron chi connectivity index (χ2n) is 4.77. The topological polar surface area (TPSA) is 26.3 Å². The molecule has 0 N–H and O–H groups in total. The maximum atomic E-state index is 12.6. The van der Waals surface area contributed by atoms with E-state index in [9.17, 15) is 4.79 Å². The van der Waals surface area contributed by atoms with E-state index < -0.39 is 0 Å². The van der Waals surface area contributed by atoms with Crippen LogP contribution in [0.4, 0.5) is 0 Å². The minimum atomic E-state index is -0.188. The Morgan fingerprint density at radius 2 is 1.85 bits per heavy atom. The highest BCUT2D eigenvalue weighted by Gasteiger charge is 2.35. The molecule has 0 aliphatic heterocycles. The third-order valence-electron chi connectivity index (χ3n) is 3.66. The molecule has 0 fully saturated rings. The van der Waals surface area contributed by atoms with Crippen LogP contribution in [0.1, 0.15) is 27.4 Å². The molecular formula is C16H12Cl2O2. The second-order valence-corrected chi connectivity index (χ2v) is 5.53. The number of hydrogen-bond donors (Lipinski definition) is 0. The van der Waals surface area contributed by atoms with Crippen LogP contribution in [-0.4, -0.2) is 12.9 Å². The van der Waals surface area contributed by atoms with Gasteiger partial charge in [0.15, 0.2) is 5.78 Å². The number of carbonyl (C=O) groups excluding carboxylic acids is 1. The number of hydrogen-bond acceptors (Lipinski definition) is 2. The van der Waals surface area contributed by atoms with Gasteiger partial charge in [0, 0.05) is 5.56 Å². The lowest BCUT2D eigenvalue weighted by Crippen LogP contribution is -2.07. The average molecular weight is 307 g/mol. The maximum Gasteiger partial charge on any atom is 0.172 e. The molecule has 2 aromatic rings. The van der Waals surface area contributed by atoms with Gasteiger partial charge in [0.1, 0.15) is 10.8 Å². The molecule has 0 aromatic heterocycles. The van der Waals surface area contributed by atoms with Gasteiger partial charge in [-0.15, -0.1) is 0 Å². The Hall–Kier alpha value is -1.51. The van der Waals surface area contributed by atoms with Gasteiger partial charge in [-0.25, -0.2) is 0 Å². The molecule has 3 rings (SSSR count). The predicted molar refractivity (Wildman–Crippen MR) is 80.2 cm³/mol. The number of ether oxygens (including phenoxy) is 1. The summed E-state index contributed by atoms with van der Waals surface area (Å²) in [7, 11) is 1.54. The highest BCUT2D eigenvalue weighted by Crippen LogP contribution is 2.44. The molecule has 1 atom stereocenters. The first-order chi connectivity index (χ1) is 9.63. The predicted octanol–water partition coefficient (Wildman–Crippen LogP) is 4.52. The van der Waals surface area contributed by atoms with Crippen molar-refractivity contribution in [3.05, 3.63) is 63.1 Å². The van der Waals surface area contributed by atoms with Crippen molar-refractivity contribution >= 4 is 29.0 Å². The molecular weight excluding hydrogens is 295 g/mol. The minimum Gasteiger partial charge on any atom is -0.495 e. The van der Waals surface area contributed by atoms with Gasteiger partial charge in [-0.1, -0.05) is 53.5 Å². The molecule has 2 aromatic carbocycles. The van der Waals surface area contributed by atoms with E-state index in [1.165, 1.54) is 7.11 Å². The lowest BCUT2D eigenvalue weighted by atomic mass is 9.95. The molecule has 102 valence electrons. The van der Waals surface area contributed by atoms with Crippen molar-refractivity contribution in [2.45, 2.75) is 12.3 Å². The molecule has 0 heterocycles. The summed E-state index contributed by atoms with van der Waals surface area (Å²) < 4.78 is 5.20. The van der Waals surface area contributed by atoms with Gasteiger partial charge in [0.05, 0.1) is 18.1 Å². The monoisotopic (exact) mass is 306 g/mol. The zero-order valence-electron chi connectivity index (χ0n) is 10.8. The summed E-state index contributed by atoms with van der Waals surface area (Å²) in [6, 6.07) is 11.5. The summed E-state index contributed by atoms with van der Waals surface area (Å²) >= 11 is 12.4. The molecule has 0 saturated carbocycles. The fourth-order valence-corrected chi connectivity index (χ4v) is 3.20. The largest absolute Gasteiger partial charge is 0.495 e. The molecule has 0 bridgehead atoms. The number of ketones is 1. The zero-order chi connectivity index (χ0) is 14.3. The Bertz CT molecular complexity index is 681. The third kappa shape index (κ3) is 2.00. The first-order valence-corrected chi connectivity index (χ1v) is 7.03. The summed E-state index contributed by atoms with van der Waals surface area (Å²) in [6.45, 7) is 0. The Morgan fingerprint density at radius 3 is 2.50 bits per heavy atom. The molecule has 0 spiro atoms. The van der Waals surface area contributed by atoms with E-state index in [1.54, 1.807) is 0 Å². The summed E-state index contributed by atoms with van der Waals surface area (Å²) in [5.74, 6) is 0.351. The van der Waals surface area contributed by atoms with E-state index in [-0.39, 0.29) is 11.7 Å². The van der Waals surface area contributed by atoms with Crippen LogP contribution < -0.4 is 4.74 Å². The maximum absolute atomic E-state index is 12.6. The van der Waals surface area contributed by atoms with Gasteiger partial charge >= 0.3 is 0 Å². The third-order valence-corrected chi connectivity index (χ3v) is 4.51. The van der Waals surface area contributed by atoms with Crippen LogP contribution in [0.15, 0.2) is 36.4 Å². The molecule has 4 heteroatoms. The van der Waals surface area contributed by atoms with Crippen molar-refractivity contribution in [1.29, 1.82) is 0 Å². The van der Waals surface area contributed by atoms with Crippen molar-refractivity contribution in [2.24, 2.45) is 0 Å². The van der Waals surface area contributed by atoms with E-state index in [1.807, 2.05) is 36.4 Å². The minimum absolute atomic E-state index is 0.0285. The van der Waals surface area contributed by atoms with E-state index in [0.29, 0.717) is 27.8 Å². The summed E-state index contributed by atoms with van der Waals surface area (Å²) in [5, 5.41) is 0.597. The second kappa shape index (κ2) is 5.12. The van der Waals surface area contributed by atoms with Crippen LogP contribution in [0.25, 0.3) is 0 Å². The fraction of sp³-hybridized carbons (Fsp3) is 0.188. The number of benzene rings is 2. The van der Waals surface area contributed by atoms with Gasteiger partial charge < -0.3 is 4.74 Å². The number of Topliss-reactive ketones (excluding diaryl/α,β-unsaturated/α-hetero) is 1.